The van der Waals surface area contributed by atoms with Gasteiger partial charge in [0.1, 0.15) is 5.82 Å². The number of nitrogens with two attached hydrogens (primary N) is 1. The molecule has 0 fully saturated rings. The standard InChI is InChI=1S/C12H17FN2O2/c1-12(2,17-3)7-15-11(16)9-6-8(13)4-5-10(9)14/h4-6H,7,14H2,1-3H3,(H,15,16). The molecule has 0 unspecified atom stereocenters. The van der Waals surface area contributed by atoms with Crippen molar-refractivity contribution in [2.24, 2.45) is 0 Å². The van der Waals surface area contributed by atoms with E-state index in [-0.39, 0.29) is 11.3 Å². The first-order chi connectivity index (χ1) is 7.85. The molecule has 0 aliphatic carbocycles. The third kappa shape index (κ3) is 3.71. The molecule has 94 valence electrons. The monoisotopic (exact) mass is 240 g/mol. The number of anilines is 1. The average molecular weight is 240 g/mol. The average Bonchev–Trinajstić information content (AvgIpc) is 2.29. The second-order valence-electron chi connectivity index (χ2n) is 4.38. The summed E-state index contributed by atoms with van der Waals surface area (Å²) < 4.78 is 18.1. The van der Waals surface area contributed by atoms with E-state index in [9.17, 15) is 9.18 Å². The summed E-state index contributed by atoms with van der Waals surface area (Å²) in [6.07, 6.45) is 0. The molecule has 3 N–H and O–H groups in total. The van der Waals surface area contributed by atoms with Crippen molar-refractivity contribution in [2.75, 3.05) is 19.4 Å². The number of nitrogen functional groups attached to an aromatic ring is 1. The molecule has 0 aromatic heterocycles. The Bertz CT molecular complexity index is 419. The van der Waals surface area contributed by atoms with Gasteiger partial charge in [-0.15, -0.1) is 0 Å². The van der Waals surface area contributed by atoms with E-state index in [1.165, 1.54) is 12.1 Å². The Labute approximate surface area is 100.0 Å². The normalized spacial score (nSPS) is 11.3. The van der Waals surface area contributed by atoms with Gasteiger partial charge in [0.05, 0.1) is 11.2 Å². The fraction of sp³-hybridized carbons (Fsp3) is 0.417. The van der Waals surface area contributed by atoms with Crippen LogP contribution in [-0.2, 0) is 4.74 Å². The van der Waals surface area contributed by atoms with Crippen LogP contribution < -0.4 is 11.1 Å². The number of rotatable bonds is 4. The molecule has 0 saturated heterocycles. The number of halogens is 1. The number of methoxy groups -OCH3 is 1. The summed E-state index contributed by atoms with van der Waals surface area (Å²) in [5, 5.41) is 2.65. The van der Waals surface area contributed by atoms with Crippen molar-refractivity contribution in [1.29, 1.82) is 0 Å². The molecule has 4 nitrogen and oxygen atoms in total. The van der Waals surface area contributed by atoms with E-state index in [0.29, 0.717) is 6.54 Å². The zero-order chi connectivity index (χ0) is 13.1. The van der Waals surface area contributed by atoms with Crippen molar-refractivity contribution in [1.82, 2.24) is 5.32 Å². The Hall–Kier alpha value is -1.62. The highest BCUT2D eigenvalue weighted by molar-refractivity contribution is 5.99. The lowest BCUT2D eigenvalue weighted by atomic mass is 10.1. The highest BCUT2D eigenvalue weighted by Gasteiger charge is 2.19. The zero-order valence-electron chi connectivity index (χ0n) is 10.2. The zero-order valence-corrected chi connectivity index (χ0v) is 10.2. The lowest BCUT2D eigenvalue weighted by Gasteiger charge is -2.23. The minimum absolute atomic E-state index is 0.136. The third-order valence-electron chi connectivity index (χ3n) is 2.49. The second-order valence-corrected chi connectivity index (χ2v) is 4.38. The van der Waals surface area contributed by atoms with E-state index < -0.39 is 17.3 Å². The van der Waals surface area contributed by atoms with E-state index in [0.717, 1.165) is 6.07 Å². The fourth-order valence-corrected chi connectivity index (χ4v) is 1.19. The van der Waals surface area contributed by atoms with Crippen LogP contribution in [0.4, 0.5) is 10.1 Å². The Balaban J connectivity index is 2.74. The van der Waals surface area contributed by atoms with Crippen LogP contribution in [0.15, 0.2) is 18.2 Å². The van der Waals surface area contributed by atoms with Crippen LogP contribution in [0.3, 0.4) is 0 Å². The lowest BCUT2D eigenvalue weighted by molar-refractivity contribution is 0.0229. The van der Waals surface area contributed by atoms with Crippen molar-refractivity contribution in [3.8, 4) is 0 Å². The van der Waals surface area contributed by atoms with Gasteiger partial charge in [0.25, 0.3) is 5.91 Å². The van der Waals surface area contributed by atoms with Crippen LogP contribution in [0.2, 0.25) is 0 Å². The van der Waals surface area contributed by atoms with E-state index in [1.54, 1.807) is 7.11 Å². The highest BCUT2D eigenvalue weighted by Crippen LogP contribution is 2.13. The number of ether oxygens (including phenoxy) is 1. The molecule has 0 atom stereocenters. The summed E-state index contributed by atoms with van der Waals surface area (Å²) in [6, 6.07) is 3.70. The summed E-state index contributed by atoms with van der Waals surface area (Å²) in [5.41, 5.74) is 5.51. The van der Waals surface area contributed by atoms with Crippen molar-refractivity contribution >= 4 is 11.6 Å². The number of carbonyl (C=O) groups excluding carboxylic acids is 1. The minimum Gasteiger partial charge on any atom is -0.398 e. The van der Waals surface area contributed by atoms with Crippen LogP contribution in [-0.4, -0.2) is 25.2 Å². The van der Waals surface area contributed by atoms with E-state index in [1.807, 2.05) is 13.8 Å². The van der Waals surface area contributed by atoms with Crippen molar-refractivity contribution in [3.05, 3.63) is 29.6 Å². The summed E-state index contributed by atoms with van der Waals surface area (Å²) in [7, 11) is 1.56. The van der Waals surface area contributed by atoms with Gasteiger partial charge >= 0.3 is 0 Å². The summed E-state index contributed by atoms with van der Waals surface area (Å²) >= 11 is 0. The molecule has 1 aromatic carbocycles. The molecule has 0 heterocycles. The third-order valence-corrected chi connectivity index (χ3v) is 2.49. The summed E-state index contributed by atoms with van der Waals surface area (Å²) in [4.78, 5) is 11.8. The van der Waals surface area contributed by atoms with E-state index in [4.69, 9.17) is 10.5 Å². The van der Waals surface area contributed by atoms with Crippen LogP contribution in [0.1, 0.15) is 24.2 Å². The molecule has 0 radical (unpaired) electrons. The Morgan fingerprint density at radius 1 is 1.53 bits per heavy atom. The van der Waals surface area contributed by atoms with E-state index >= 15 is 0 Å². The van der Waals surface area contributed by atoms with Gasteiger partial charge in [-0.2, -0.15) is 0 Å². The number of nitrogens with one attached hydrogen (secondary N) is 1. The molecule has 0 aliphatic rings. The predicted octanol–water partition coefficient (Wildman–Crippen LogP) is 1.56. The van der Waals surface area contributed by atoms with Gasteiger partial charge < -0.3 is 15.8 Å². The summed E-state index contributed by atoms with van der Waals surface area (Å²) in [5.74, 6) is -0.900. The van der Waals surface area contributed by atoms with Crippen LogP contribution in [0.25, 0.3) is 0 Å². The van der Waals surface area contributed by atoms with Crippen LogP contribution in [0.5, 0.6) is 0 Å². The van der Waals surface area contributed by atoms with Gasteiger partial charge in [0.2, 0.25) is 0 Å². The molecule has 0 saturated carbocycles. The number of hydrogen-bond donors (Lipinski definition) is 2. The maximum absolute atomic E-state index is 13.0. The SMILES string of the molecule is COC(C)(C)CNC(=O)c1cc(F)ccc1N. The molecule has 5 heteroatoms. The number of amides is 1. The number of hydrogen-bond acceptors (Lipinski definition) is 3. The van der Waals surface area contributed by atoms with Crippen molar-refractivity contribution in [2.45, 2.75) is 19.4 Å². The molecular weight excluding hydrogens is 223 g/mol. The molecule has 0 bridgehead atoms. The smallest absolute Gasteiger partial charge is 0.253 e. The van der Waals surface area contributed by atoms with Gasteiger partial charge in [-0.1, -0.05) is 0 Å². The summed E-state index contributed by atoms with van der Waals surface area (Å²) in [6.45, 7) is 3.99. The van der Waals surface area contributed by atoms with Crippen molar-refractivity contribution < 1.29 is 13.9 Å². The predicted molar refractivity (Wildman–Crippen MR) is 64.2 cm³/mol. The molecule has 17 heavy (non-hydrogen) atoms. The van der Waals surface area contributed by atoms with Crippen LogP contribution >= 0.6 is 0 Å². The molecule has 1 aromatic rings. The number of carbonyl (C=O) groups is 1. The first-order valence-electron chi connectivity index (χ1n) is 5.24. The molecule has 1 amide bonds. The first kappa shape index (κ1) is 13.4. The largest absolute Gasteiger partial charge is 0.398 e. The number of benzene rings is 1. The van der Waals surface area contributed by atoms with Crippen LogP contribution in [0, 0.1) is 5.82 Å². The first-order valence-corrected chi connectivity index (χ1v) is 5.24. The molecule has 1 rings (SSSR count). The highest BCUT2D eigenvalue weighted by atomic mass is 19.1. The lowest BCUT2D eigenvalue weighted by Crippen LogP contribution is -2.39. The molecule has 0 aliphatic heterocycles. The fourth-order valence-electron chi connectivity index (χ4n) is 1.19. The maximum atomic E-state index is 13.0. The van der Waals surface area contributed by atoms with Gasteiger partial charge in [0.15, 0.2) is 0 Å². The van der Waals surface area contributed by atoms with Crippen molar-refractivity contribution in [3.63, 3.8) is 0 Å². The Kier molecular flexibility index (Phi) is 4.07. The van der Waals surface area contributed by atoms with Gasteiger partial charge in [-0.05, 0) is 32.0 Å². The molecule has 0 spiro atoms. The van der Waals surface area contributed by atoms with Gasteiger partial charge in [0, 0.05) is 19.3 Å². The quantitative estimate of drug-likeness (QED) is 0.785. The van der Waals surface area contributed by atoms with Gasteiger partial charge in [-0.25, -0.2) is 4.39 Å². The van der Waals surface area contributed by atoms with Gasteiger partial charge in [-0.3, -0.25) is 4.79 Å². The Morgan fingerprint density at radius 3 is 2.76 bits per heavy atom. The topological polar surface area (TPSA) is 64.3 Å². The maximum Gasteiger partial charge on any atom is 0.253 e. The minimum atomic E-state index is -0.490. The Morgan fingerprint density at radius 2 is 2.18 bits per heavy atom. The molecular formula is C12H17FN2O2. The second kappa shape index (κ2) is 5.14. The van der Waals surface area contributed by atoms with E-state index in [2.05, 4.69) is 5.32 Å².